The van der Waals surface area contributed by atoms with Crippen LogP contribution in [0, 0.1) is 0 Å². The van der Waals surface area contributed by atoms with Gasteiger partial charge in [0.15, 0.2) is 11.6 Å². The monoisotopic (exact) mass is 667 g/mol. The minimum Gasteiger partial charge on any atom is -0.278 e. The summed E-state index contributed by atoms with van der Waals surface area (Å²) in [5.41, 5.74) is 8.70. The number of hydrogen-bond acceptors (Lipinski definition) is 5. The first-order valence-corrected chi connectivity index (χ1v) is 17.2. The van der Waals surface area contributed by atoms with E-state index in [1.165, 1.54) is 0 Å². The third-order valence-corrected chi connectivity index (χ3v) is 9.41. The van der Waals surface area contributed by atoms with Crippen LogP contribution >= 0.6 is 0 Å². The molecular weight excluding hydrogens is 639 g/mol. The van der Waals surface area contributed by atoms with E-state index < -0.39 is 0 Å². The van der Waals surface area contributed by atoms with Gasteiger partial charge in [-0.15, -0.1) is 0 Å². The summed E-state index contributed by atoms with van der Waals surface area (Å²) in [6, 6.07) is 59.7. The molecule has 0 amide bonds. The van der Waals surface area contributed by atoms with Gasteiger partial charge >= 0.3 is 0 Å². The molecule has 0 saturated carbocycles. The molecule has 0 saturated heterocycles. The number of imidazole rings is 1. The number of para-hydroxylation sites is 3. The van der Waals surface area contributed by atoms with Crippen LogP contribution in [0.1, 0.15) is 0 Å². The summed E-state index contributed by atoms with van der Waals surface area (Å²) in [5, 5.41) is 2.19. The van der Waals surface area contributed by atoms with Gasteiger partial charge in [0.2, 0.25) is 5.95 Å². The van der Waals surface area contributed by atoms with Crippen molar-refractivity contribution in [3.05, 3.63) is 176 Å². The Morgan fingerprint density at radius 2 is 0.942 bits per heavy atom. The van der Waals surface area contributed by atoms with Crippen LogP contribution in [0.2, 0.25) is 0 Å². The lowest BCUT2D eigenvalue weighted by Gasteiger charge is -2.12. The third-order valence-electron chi connectivity index (χ3n) is 9.41. The van der Waals surface area contributed by atoms with E-state index in [4.69, 9.17) is 24.9 Å². The van der Waals surface area contributed by atoms with Gasteiger partial charge in [-0.25, -0.2) is 15.0 Å². The van der Waals surface area contributed by atoms with E-state index in [1.54, 1.807) is 0 Å². The van der Waals surface area contributed by atoms with Gasteiger partial charge in [-0.1, -0.05) is 133 Å². The lowest BCUT2D eigenvalue weighted by atomic mass is 10.1. The fraction of sp³-hybridized carbons (Fsp3) is 0. The van der Waals surface area contributed by atoms with Gasteiger partial charge < -0.3 is 0 Å². The van der Waals surface area contributed by atoms with Crippen molar-refractivity contribution in [2.24, 2.45) is 0 Å². The number of nitrogens with zero attached hydrogens (tertiary/aromatic N) is 7. The van der Waals surface area contributed by atoms with Gasteiger partial charge in [0.05, 0.1) is 27.8 Å². The maximum Gasteiger partial charge on any atom is 0.238 e. The molecule has 7 nitrogen and oxygen atoms in total. The SMILES string of the molecule is c1ccc(-c2nc(-c3ccccc3)nc(-n3c4ccccc4c4cc(-c5cccc(-n6c(-c7ccccc7)nc7ccccc76)n5)ccc43)n2)cc1. The average Bonchev–Trinajstić information content (AvgIpc) is 3.78. The number of benzene rings is 6. The van der Waals surface area contributed by atoms with E-state index in [9.17, 15) is 0 Å². The smallest absolute Gasteiger partial charge is 0.238 e. The molecule has 0 radical (unpaired) electrons. The normalized spacial score (nSPS) is 11.5. The maximum absolute atomic E-state index is 5.25. The lowest BCUT2D eigenvalue weighted by molar-refractivity contribution is 0.953. The van der Waals surface area contributed by atoms with Gasteiger partial charge in [-0.2, -0.15) is 9.97 Å². The molecule has 4 heterocycles. The zero-order valence-electron chi connectivity index (χ0n) is 27.9. The Morgan fingerprint density at radius 1 is 0.346 bits per heavy atom. The van der Waals surface area contributed by atoms with Crippen molar-refractivity contribution in [3.63, 3.8) is 0 Å². The quantitative estimate of drug-likeness (QED) is 0.176. The van der Waals surface area contributed by atoms with Crippen molar-refractivity contribution >= 4 is 32.8 Å². The zero-order chi connectivity index (χ0) is 34.4. The predicted molar refractivity (Wildman–Crippen MR) is 208 cm³/mol. The molecule has 0 bridgehead atoms. The third kappa shape index (κ3) is 5.03. The molecule has 0 spiro atoms. The van der Waals surface area contributed by atoms with Crippen LogP contribution in [0.5, 0.6) is 0 Å². The molecule has 0 aliphatic rings. The van der Waals surface area contributed by atoms with E-state index in [0.29, 0.717) is 17.6 Å². The fourth-order valence-electron chi connectivity index (χ4n) is 6.99. The number of fused-ring (bicyclic) bond motifs is 4. The van der Waals surface area contributed by atoms with Gasteiger partial charge in [0.1, 0.15) is 11.6 Å². The summed E-state index contributed by atoms with van der Waals surface area (Å²) in [4.78, 5) is 25.3. The molecule has 0 aliphatic carbocycles. The average molecular weight is 668 g/mol. The predicted octanol–water partition coefficient (Wildman–Crippen LogP) is 10.4. The summed E-state index contributed by atoms with van der Waals surface area (Å²) in [6.07, 6.45) is 0. The van der Waals surface area contributed by atoms with E-state index >= 15 is 0 Å². The molecular formula is C45H29N7. The Morgan fingerprint density at radius 3 is 1.65 bits per heavy atom. The number of pyridine rings is 1. The zero-order valence-corrected chi connectivity index (χ0v) is 27.9. The topological polar surface area (TPSA) is 74.3 Å². The van der Waals surface area contributed by atoms with Crippen LogP contribution in [0.15, 0.2) is 176 Å². The Kier molecular flexibility index (Phi) is 6.99. The number of rotatable bonds is 6. The van der Waals surface area contributed by atoms with Crippen LogP contribution in [0.3, 0.4) is 0 Å². The molecule has 10 rings (SSSR count). The second-order valence-corrected chi connectivity index (χ2v) is 12.6. The van der Waals surface area contributed by atoms with Crippen LogP contribution in [0.25, 0.3) is 90.0 Å². The summed E-state index contributed by atoms with van der Waals surface area (Å²) < 4.78 is 4.29. The highest BCUT2D eigenvalue weighted by Crippen LogP contribution is 2.35. The van der Waals surface area contributed by atoms with E-state index in [2.05, 4.69) is 81.9 Å². The van der Waals surface area contributed by atoms with Crippen molar-refractivity contribution < 1.29 is 0 Å². The second kappa shape index (κ2) is 12.3. The molecule has 0 atom stereocenters. The van der Waals surface area contributed by atoms with Crippen molar-refractivity contribution in [3.8, 4) is 57.2 Å². The molecule has 244 valence electrons. The molecule has 0 N–H and O–H groups in total. The number of hydrogen-bond donors (Lipinski definition) is 0. The Bertz CT molecular complexity index is 2840. The first-order chi connectivity index (χ1) is 25.8. The van der Waals surface area contributed by atoms with Crippen LogP contribution in [-0.2, 0) is 0 Å². The van der Waals surface area contributed by atoms with Crippen LogP contribution in [0.4, 0.5) is 0 Å². The standard InChI is InChI=1S/C45H29N7/c1-4-15-30(16-5-1)42-48-43(31-17-6-2-7-18-31)50-45(49-42)51-38-24-12-10-21-34(38)35-29-33(27-28-39(35)51)36-23-14-26-41(46-36)52-40-25-13-11-22-37(40)47-44(52)32-19-8-3-9-20-32/h1-29H. The van der Waals surface area contributed by atoms with Crippen molar-refractivity contribution in [2.45, 2.75) is 0 Å². The largest absolute Gasteiger partial charge is 0.278 e. The molecule has 0 fully saturated rings. The summed E-state index contributed by atoms with van der Waals surface area (Å²) in [5.74, 6) is 3.46. The van der Waals surface area contributed by atoms with Crippen LogP contribution in [-0.4, -0.2) is 34.1 Å². The van der Waals surface area contributed by atoms with E-state index in [1.807, 2.05) is 103 Å². The minimum absolute atomic E-state index is 0.562. The Hall–Kier alpha value is -7.25. The second-order valence-electron chi connectivity index (χ2n) is 12.6. The minimum atomic E-state index is 0.562. The fourth-order valence-corrected chi connectivity index (χ4v) is 6.99. The molecule has 52 heavy (non-hydrogen) atoms. The van der Waals surface area contributed by atoms with Gasteiger partial charge in [0.25, 0.3) is 0 Å². The van der Waals surface area contributed by atoms with Crippen molar-refractivity contribution in [1.29, 1.82) is 0 Å². The van der Waals surface area contributed by atoms with Crippen molar-refractivity contribution in [1.82, 2.24) is 34.1 Å². The van der Waals surface area contributed by atoms with E-state index in [0.717, 1.165) is 72.4 Å². The summed E-state index contributed by atoms with van der Waals surface area (Å²) >= 11 is 0. The summed E-state index contributed by atoms with van der Waals surface area (Å²) in [6.45, 7) is 0. The highest BCUT2D eigenvalue weighted by molar-refractivity contribution is 6.10. The van der Waals surface area contributed by atoms with Gasteiger partial charge in [-0.3, -0.25) is 9.13 Å². The Labute approximate surface area is 299 Å². The first kappa shape index (κ1) is 29.6. The van der Waals surface area contributed by atoms with Gasteiger partial charge in [0, 0.05) is 33.0 Å². The highest BCUT2D eigenvalue weighted by Gasteiger charge is 2.19. The van der Waals surface area contributed by atoms with Crippen LogP contribution < -0.4 is 0 Å². The summed E-state index contributed by atoms with van der Waals surface area (Å²) in [7, 11) is 0. The molecule has 0 unspecified atom stereocenters. The first-order valence-electron chi connectivity index (χ1n) is 17.2. The lowest BCUT2D eigenvalue weighted by Crippen LogP contribution is -2.06. The molecule has 6 aromatic carbocycles. The van der Waals surface area contributed by atoms with Gasteiger partial charge in [-0.05, 0) is 42.5 Å². The Balaban J connectivity index is 1.15. The molecule has 0 aliphatic heterocycles. The molecule has 7 heteroatoms. The number of aromatic nitrogens is 7. The maximum atomic E-state index is 5.25. The molecule has 10 aromatic rings. The van der Waals surface area contributed by atoms with E-state index in [-0.39, 0.29) is 0 Å². The van der Waals surface area contributed by atoms with Crippen molar-refractivity contribution in [2.75, 3.05) is 0 Å². The highest BCUT2D eigenvalue weighted by atomic mass is 15.2. The molecule has 4 aromatic heterocycles.